The van der Waals surface area contributed by atoms with Gasteiger partial charge < -0.3 is 19.9 Å². The molecule has 4 nitrogen and oxygen atoms in total. The van der Waals surface area contributed by atoms with Crippen molar-refractivity contribution < 1.29 is 32.1 Å². The zero-order valence-electron chi connectivity index (χ0n) is 11.8. The number of ether oxygens (including phenoxy) is 2. The summed E-state index contributed by atoms with van der Waals surface area (Å²) >= 11 is 0. The lowest BCUT2D eigenvalue weighted by molar-refractivity contribution is -0.275. The number of aliphatic hydroxyl groups is 1. The third-order valence-electron chi connectivity index (χ3n) is 3.66. The monoisotopic (exact) mass is 323 g/mol. The van der Waals surface area contributed by atoms with Crippen molar-refractivity contribution in [2.24, 2.45) is 0 Å². The molecule has 0 aliphatic carbocycles. The van der Waals surface area contributed by atoms with Gasteiger partial charge in [-0.15, -0.1) is 13.2 Å². The minimum absolute atomic E-state index is 0.0201. The van der Waals surface area contributed by atoms with Gasteiger partial charge in [0, 0.05) is 36.9 Å². The Morgan fingerprint density at radius 3 is 2.55 bits per heavy atom. The summed E-state index contributed by atoms with van der Waals surface area (Å²) < 4.78 is 59.3. The molecule has 1 saturated heterocycles. The van der Waals surface area contributed by atoms with Crippen LogP contribution >= 0.6 is 0 Å². The lowest BCUT2D eigenvalue weighted by Crippen LogP contribution is -2.51. The molecule has 0 spiro atoms. The van der Waals surface area contributed by atoms with E-state index in [0.29, 0.717) is 32.1 Å². The van der Waals surface area contributed by atoms with Gasteiger partial charge in [0.05, 0.1) is 6.61 Å². The lowest BCUT2D eigenvalue weighted by Gasteiger charge is -2.36. The van der Waals surface area contributed by atoms with Crippen LogP contribution in [-0.4, -0.2) is 36.8 Å². The van der Waals surface area contributed by atoms with E-state index < -0.39 is 23.5 Å². The van der Waals surface area contributed by atoms with Crippen LogP contribution in [0.15, 0.2) is 18.2 Å². The van der Waals surface area contributed by atoms with Gasteiger partial charge in [-0.05, 0) is 18.9 Å². The molecule has 8 heteroatoms. The van der Waals surface area contributed by atoms with Crippen molar-refractivity contribution in [2.75, 3.05) is 19.8 Å². The quantitative estimate of drug-likeness (QED) is 0.817. The smallest absolute Gasteiger partial charge is 0.405 e. The summed E-state index contributed by atoms with van der Waals surface area (Å²) in [6.07, 6.45) is -3.81. The Bertz CT molecular complexity index is 501. The molecule has 1 aromatic rings. The Morgan fingerprint density at radius 2 is 1.95 bits per heavy atom. The molecule has 1 fully saturated rings. The summed E-state index contributed by atoms with van der Waals surface area (Å²) in [5, 5.41) is 12.6. The van der Waals surface area contributed by atoms with Gasteiger partial charge in [-0.1, -0.05) is 6.07 Å². The van der Waals surface area contributed by atoms with Crippen molar-refractivity contribution in [3.8, 4) is 5.75 Å². The van der Waals surface area contributed by atoms with Crippen LogP contribution in [0, 0.1) is 5.82 Å². The number of rotatable bonds is 5. The number of aliphatic hydroxyl groups excluding tert-OH is 1. The molecule has 1 aliphatic rings. The predicted octanol–water partition coefficient (Wildman–Crippen LogP) is 2.36. The molecule has 0 aromatic heterocycles. The van der Waals surface area contributed by atoms with Crippen LogP contribution in [0.25, 0.3) is 0 Å². The van der Waals surface area contributed by atoms with Crippen LogP contribution in [0.2, 0.25) is 0 Å². The number of halogens is 4. The molecule has 1 aromatic carbocycles. The van der Waals surface area contributed by atoms with Crippen LogP contribution < -0.4 is 10.1 Å². The maximum Gasteiger partial charge on any atom is 0.573 e. The molecule has 0 amide bonds. The first-order valence-electron chi connectivity index (χ1n) is 6.81. The Hall–Kier alpha value is -1.38. The van der Waals surface area contributed by atoms with Gasteiger partial charge in [0.15, 0.2) is 0 Å². The lowest BCUT2D eigenvalue weighted by atomic mass is 9.90. The molecule has 2 rings (SSSR count). The summed E-state index contributed by atoms with van der Waals surface area (Å²) in [4.78, 5) is 0. The average Bonchev–Trinajstić information content (AvgIpc) is 2.46. The first kappa shape index (κ1) is 17.0. The maximum absolute atomic E-state index is 13.1. The highest BCUT2D eigenvalue weighted by molar-refractivity contribution is 5.34. The van der Waals surface area contributed by atoms with Crippen LogP contribution in [0.4, 0.5) is 17.6 Å². The number of benzene rings is 1. The Kier molecular flexibility index (Phi) is 5.25. The van der Waals surface area contributed by atoms with Crippen molar-refractivity contribution in [2.45, 2.75) is 31.3 Å². The molecule has 124 valence electrons. The molecule has 1 aliphatic heterocycles. The summed E-state index contributed by atoms with van der Waals surface area (Å²) in [5.74, 6) is -1.40. The highest BCUT2D eigenvalue weighted by Crippen LogP contribution is 2.28. The van der Waals surface area contributed by atoms with Crippen molar-refractivity contribution in [1.29, 1.82) is 0 Å². The molecule has 22 heavy (non-hydrogen) atoms. The second-order valence-corrected chi connectivity index (χ2v) is 5.20. The molecule has 0 atom stereocenters. The summed E-state index contributed by atoms with van der Waals surface area (Å²) in [6, 6.07) is 2.99. The third-order valence-corrected chi connectivity index (χ3v) is 3.66. The Balaban J connectivity index is 2.11. The van der Waals surface area contributed by atoms with E-state index in [1.165, 1.54) is 6.07 Å². The third kappa shape index (κ3) is 4.56. The van der Waals surface area contributed by atoms with E-state index >= 15 is 0 Å². The summed E-state index contributed by atoms with van der Waals surface area (Å²) in [5.41, 5.74) is -0.444. The molecular weight excluding hydrogens is 306 g/mol. The van der Waals surface area contributed by atoms with Crippen LogP contribution in [0.1, 0.15) is 18.4 Å². The minimum atomic E-state index is -4.89. The number of nitrogens with one attached hydrogen (secondary N) is 1. The fourth-order valence-corrected chi connectivity index (χ4v) is 2.33. The van der Waals surface area contributed by atoms with E-state index in [0.717, 1.165) is 6.07 Å². The molecule has 1 heterocycles. The van der Waals surface area contributed by atoms with Crippen molar-refractivity contribution >= 4 is 0 Å². The zero-order valence-corrected chi connectivity index (χ0v) is 11.8. The van der Waals surface area contributed by atoms with Crippen LogP contribution in [0.3, 0.4) is 0 Å². The first-order chi connectivity index (χ1) is 10.3. The van der Waals surface area contributed by atoms with Crippen molar-refractivity contribution in [3.05, 3.63) is 29.6 Å². The van der Waals surface area contributed by atoms with E-state index in [9.17, 15) is 22.7 Å². The second kappa shape index (κ2) is 6.80. The Morgan fingerprint density at radius 1 is 1.27 bits per heavy atom. The molecule has 0 radical (unpaired) electrons. The fourth-order valence-electron chi connectivity index (χ4n) is 2.33. The predicted molar refractivity (Wildman–Crippen MR) is 69.8 cm³/mol. The van der Waals surface area contributed by atoms with Gasteiger partial charge in [-0.3, -0.25) is 0 Å². The SMILES string of the molecule is OCC1(NCc2ccc(F)cc2OC(F)(F)F)CCOCC1. The van der Waals surface area contributed by atoms with Crippen molar-refractivity contribution in [1.82, 2.24) is 5.32 Å². The average molecular weight is 323 g/mol. The van der Waals surface area contributed by atoms with E-state index in [-0.39, 0.29) is 18.7 Å². The van der Waals surface area contributed by atoms with Crippen LogP contribution in [0.5, 0.6) is 5.75 Å². The largest absolute Gasteiger partial charge is 0.573 e. The molecule has 0 bridgehead atoms. The van der Waals surface area contributed by atoms with E-state index in [1.54, 1.807) is 0 Å². The first-order valence-corrected chi connectivity index (χ1v) is 6.81. The topological polar surface area (TPSA) is 50.7 Å². The number of hydrogen-bond donors (Lipinski definition) is 2. The number of hydrogen-bond acceptors (Lipinski definition) is 4. The highest BCUT2D eigenvalue weighted by Gasteiger charge is 2.34. The molecule has 0 saturated carbocycles. The highest BCUT2D eigenvalue weighted by atomic mass is 19.4. The van der Waals surface area contributed by atoms with Gasteiger partial charge >= 0.3 is 6.36 Å². The standard InChI is InChI=1S/C14H17F4NO3/c15-11-2-1-10(12(7-11)22-14(16,17)18)8-19-13(9-20)3-5-21-6-4-13/h1-2,7,19-20H,3-6,8-9H2. The summed E-state index contributed by atoms with van der Waals surface area (Å²) in [6.45, 7) is 0.783. The van der Waals surface area contributed by atoms with Gasteiger partial charge in [-0.25, -0.2) is 4.39 Å². The van der Waals surface area contributed by atoms with Gasteiger partial charge in [0.25, 0.3) is 0 Å². The second-order valence-electron chi connectivity index (χ2n) is 5.20. The number of alkyl halides is 3. The van der Waals surface area contributed by atoms with E-state index in [4.69, 9.17) is 4.74 Å². The van der Waals surface area contributed by atoms with Crippen molar-refractivity contribution in [3.63, 3.8) is 0 Å². The maximum atomic E-state index is 13.1. The molecular formula is C14H17F4NO3. The minimum Gasteiger partial charge on any atom is -0.405 e. The van der Waals surface area contributed by atoms with E-state index in [2.05, 4.69) is 10.1 Å². The zero-order chi connectivity index (χ0) is 16.2. The Labute approximate surface area is 125 Å². The fraction of sp³-hybridized carbons (Fsp3) is 0.571. The molecule has 0 unspecified atom stereocenters. The van der Waals surface area contributed by atoms with Crippen LogP contribution in [-0.2, 0) is 11.3 Å². The van der Waals surface area contributed by atoms with Gasteiger partial charge in [0.1, 0.15) is 11.6 Å². The molecule has 2 N–H and O–H groups in total. The van der Waals surface area contributed by atoms with Gasteiger partial charge in [-0.2, -0.15) is 0 Å². The van der Waals surface area contributed by atoms with Gasteiger partial charge in [0.2, 0.25) is 0 Å². The normalized spacial score (nSPS) is 18.2. The van der Waals surface area contributed by atoms with E-state index in [1.807, 2.05) is 0 Å². The summed E-state index contributed by atoms with van der Waals surface area (Å²) in [7, 11) is 0.